The van der Waals surface area contributed by atoms with E-state index in [1.165, 1.54) is 5.75 Å². The van der Waals surface area contributed by atoms with Gasteiger partial charge in [0.05, 0.1) is 0 Å². The SMILES string of the molecule is CC(C)C1CSC(=NCCC(C)(C)C)N1. The van der Waals surface area contributed by atoms with Crippen molar-refractivity contribution in [3.63, 3.8) is 0 Å². The first-order valence-electron chi connectivity index (χ1n) is 5.82. The van der Waals surface area contributed by atoms with Gasteiger partial charge < -0.3 is 5.32 Å². The van der Waals surface area contributed by atoms with Gasteiger partial charge >= 0.3 is 0 Å². The molecule has 1 atom stereocenters. The third-order valence-corrected chi connectivity index (χ3v) is 3.68. The van der Waals surface area contributed by atoms with E-state index >= 15 is 0 Å². The van der Waals surface area contributed by atoms with Crippen molar-refractivity contribution < 1.29 is 0 Å². The smallest absolute Gasteiger partial charge is 0.156 e. The second-order valence-electron chi connectivity index (χ2n) is 5.80. The van der Waals surface area contributed by atoms with Crippen LogP contribution in [0.25, 0.3) is 0 Å². The fraction of sp³-hybridized carbons (Fsp3) is 0.917. The monoisotopic (exact) mass is 228 g/mol. The fourth-order valence-electron chi connectivity index (χ4n) is 1.35. The molecule has 0 saturated carbocycles. The molecule has 1 aliphatic rings. The number of thioether (sulfide) groups is 1. The molecule has 1 unspecified atom stereocenters. The van der Waals surface area contributed by atoms with E-state index in [9.17, 15) is 0 Å². The van der Waals surface area contributed by atoms with Gasteiger partial charge in [0.25, 0.3) is 0 Å². The summed E-state index contributed by atoms with van der Waals surface area (Å²) in [6.07, 6.45) is 1.16. The van der Waals surface area contributed by atoms with E-state index in [1.54, 1.807) is 0 Å². The van der Waals surface area contributed by atoms with Crippen LogP contribution in [0.5, 0.6) is 0 Å². The minimum Gasteiger partial charge on any atom is -0.361 e. The van der Waals surface area contributed by atoms with Crippen molar-refractivity contribution in [2.45, 2.75) is 47.1 Å². The zero-order valence-electron chi connectivity index (χ0n) is 10.6. The standard InChI is InChI=1S/C12H24N2S/c1-9(2)10-8-15-11(14-10)13-7-6-12(3,4)5/h9-10H,6-8H2,1-5H3,(H,13,14). The molecule has 1 heterocycles. The largest absolute Gasteiger partial charge is 0.361 e. The number of nitrogens with one attached hydrogen (secondary N) is 1. The molecule has 88 valence electrons. The number of hydrogen-bond acceptors (Lipinski definition) is 2. The third kappa shape index (κ3) is 4.92. The topological polar surface area (TPSA) is 24.4 Å². The maximum Gasteiger partial charge on any atom is 0.156 e. The lowest BCUT2D eigenvalue weighted by Crippen LogP contribution is -2.31. The zero-order chi connectivity index (χ0) is 11.5. The molecule has 1 saturated heterocycles. The van der Waals surface area contributed by atoms with Gasteiger partial charge in [0, 0.05) is 18.3 Å². The Balaban J connectivity index is 2.31. The first-order valence-corrected chi connectivity index (χ1v) is 6.81. The van der Waals surface area contributed by atoms with Crippen LogP contribution in [-0.2, 0) is 0 Å². The van der Waals surface area contributed by atoms with E-state index in [1.807, 2.05) is 11.8 Å². The summed E-state index contributed by atoms with van der Waals surface area (Å²) < 4.78 is 0. The van der Waals surface area contributed by atoms with Gasteiger partial charge in [-0.2, -0.15) is 0 Å². The van der Waals surface area contributed by atoms with Crippen molar-refractivity contribution in [2.24, 2.45) is 16.3 Å². The van der Waals surface area contributed by atoms with Gasteiger partial charge in [-0.3, -0.25) is 4.99 Å². The summed E-state index contributed by atoms with van der Waals surface area (Å²) in [5.41, 5.74) is 0.394. The highest BCUT2D eigenvalue weighted by Crippen LogP contribution is 2.21. The first-order chi connectivity index (χ1) is 6.88. The second-order valence-corrected chi connectivity index (χ2v) is 6.81. The van der Waals surface area contributed by atoms with Crippen molar-refractivity contribution in [1.82, 2.24) is 5.32 Å². The van der Waals surface area contributed by atoms with Gasteiger partial charge in [-0.05, 0) is 17.8 Å². The Bertz CT molecular complexity index is 228. The Morgan fingerprint density at radius 3 is 2.60 bits per heavy atom. The highest BCUT2D eigenvalue weighted by atomic mass is 32.2. The molecule has 2 nitrogen and oxygen atoms in total. The Morgan fingerprint density at radius 2 is 2.13 bits per heavy atom. The van der Waals surface area contributed by atoms with Crippen LogP contribution in [0.2, 0.25) is 0 Å². The van der Waals surface area contributed by atoms with E-state index in [-0.39, 0.29) is 0 Å². The fourth-order valence-corrected chi connectivity index (χ4v) is 2.58. The summed E-state index contributed by atoms with van der Waals surface area (Å²) in [6, 6.07) is 0.614. The molecule has 0 bridgehead atoms. The van der Waals surface area contributed by atoms with Gasteiger partial charge in [0.2, 0.25) is 0 Å². The normalized spacial score (nSPS) is 24.9. The summed E-state index contributed by atoms with van der Waals surface area (Å²) in [6.45, 7) is 12.3. The average molecular weight is 228 g/mol. The summed E-state index contributed by atoms with van der Waals surface area (Å²) in [5.74, 6) is 1.87. The zero-order valence-corrected chi connectivity index (χ0v) is 11.4. The molecule has 0 aromatic heterocycles. The van der Waals surface area contributed by atoms with E-state index < -0.39 is 0 Å². The molecule has 1 N–H and O–H groups in total. The quantitative estimate of drug-likeness (QED) is 0.802. The summed E-state index contributed by atoms with van der Waals surface area (Å²) >= 11 is 1.87. The highest BCUT2D eigenvalue weighted by Gasteiger charge is 2.22. The van der Waals surface area contributed by atoms with Gasteiger partial charge in [-0.15, -0.1) is 0 Å². The molecule has 0 radical (unpaired) electrons. The number of rotatable bonds is 3. The van der Waals surface area contributed by atoms with Crippen LogP contribution in [0.3, 0.4) is 0 Å². The molecule has 0 aromatic carbocycles. The van der Waals surface area contributed by atoms with Crippen LogP contribution < -0.4 is 5.32 Å². The maximum absolute atomic E-state index is 4.61. The Labute approximate surface area is 98.3 Å². The third-order valence-electron chi connectivity index (χ3n) is 2.63. The molecule has 3 heteroatoms. The van der Waals surface area contributed by atoms with Gasteiger partial charge in [0.1, 0.15) is 0 Å². The number of amidine groups is 1. The average Bonchev–Trinajstić information content (AvgIpc) is 2.50. The van der Waals surface area contributed by atoms with Crippen LogP contribution in [0.15, 0.2) is 4.99 Å². The Morgan fingerprint density at radius 1 is 1.47 bits per heavy atom. The molecular formula is C12H24N2S. The molecule has 1 rings (SSSR count). The van der Waals surface area contributed by atoms with Gasteiger partial charge in [-0.1, -0.05) is 46.4 Å². The van der Waals surface area contributed by atoms with Crippen molar-refractivity contribution in [3.8, 4) is 0 Å². The van der Waals surface area contributed by atoms with Gasteiger partial charge in [-0.25, -0.2) is 0 Å². The molecule has 15 heavy (non-hydrogen) atoms. The van der Waals surface area contributed by atoms with Crippen molar-refractivity contribution in [1.29, 1.82) is 0 Å². The number of nitrogens with zero attached hydrogens (tertiary/aromatic N) is 1. The molecule has 0 aliphatic carbocycles. The van der Waals surface area contributed by atoms with Crippen LogP contribution in [0, 0.1) is 11.3 Å². The molecule has 1 aliphatic heterocycles. The van der Waals surface area contributed by atoms with Crippen LogP contribution in [0.4, 0.5) is 0 Å². The van der Waals surface area contributed by atoms with Crippen LogP contribution in [-0.4, -0.2) is 23.5 Å². The lowest BCUT2D eigenvalue weighted by Gasteiger charge is -2.16. The summed E-state index contributed by atoms with van der Waals surface area (Å²) in [4.78, 5) is 4.61. The Hall–Kier alpha value is -0.180. The molecular weight excluding hydrogens is 204 g/mol. The predicted octanol–water partition coefficient (Wildman–Crippen LogP) is 3.14. The Kier molecular flexibility index (Phi) is 4.50. The highest BCUT2D eigenvalue weighted by molar-refractivity contribution is 8.14. The minimum atomic E-state index is 0.394. The van der Waals surface area contributed by atoms with Crippen molar-refractivity contribution in [3.05, 3.63) is 0 Å². The molecule has 0 amide bonds. The van der Waals surface area contributed by atoms with E-state index in [2.05, 4.69) is 44.9 Å². The van der Waals surface area contributed by atoms with E-state index in [0.29, 0.717) is 17.4 Å². The molecule has 1 fully saturated rings. The van der Waals surface area contributed by atoms with E-state index in [0.717, 1.165) is 18.1 Å². The number of aliphatic imine (C=N–C) groups is 1. The summed E-state index contributed by atoms with van der Waals surface area (Å²) in [7, 11) is 0. The van der Waals surface area contributed by atoms with Crippen molar-refractivity contribution >= 4 is 16.9 Å². The van der Waals surface area contributed by atoms with E-state index in [4.69, 9.17) is 0 Å². The summed E-state index contributed by atoms with van der Waals surface area (Å²) in [5, 5.41) is 4.64. The molecule has 0 aromatic rings. The number of hydrogen-bond donors (Lipinski definition) is 1. The van der Waals surface area contributed by atoms with Gasteiger partial charge in [0.15, 0.2) is 5.17 Å². The first kappa shape index (κ1) is 12.9. The predicted molar refractivity (Wildman–Crippen MR) is 70.6 cm³/mol. The lowest BCUT2D eigenvalue weighted by atomic mass is 9.93. The van der Waals surface area contributed by atoms with Crippen LogP contribution in [0.1, 0.15) is 41.0 Å². The minimum absolute atomic E-state index is 0.394. The van der Waals surface area contributed by atoms with Crippen LogP contribution >= 0.6 is 11.8 Å². The maximum atomic E-state index is 4.61. The molecule has 0 spiro atoms. The lowest BCUT2D eigenvalue weighted by molar-refractivity contribution is 0.385. The van der Waals surface area contributed by atoms with Crippen molar-refractivity contribution in [2.75, 3.05) is 12.3 Å². The second kappa shape index (κ2) is 5.24.